The molecule has 1 N–H and O–H groups in total. The molecule has 0 saturated carbocycles. The highest BCUT2D eigenvalue weighted by Gasteiger charge is 2.34. The molecule has 0 spiro atoms. The first-order valence-electron chi connectivity index (χ1n) is 13.2. The van der Waals surface area contributed by atoms with E-state index in [-0.39, 0.29) is 45.1 Å². The number of anilines is 2. The molecular formula is C29H21F7N6O3S. The number of aryl methyl sites for hydroxylation is 1. The fraction of sp³-hybridized carbons (Fsp3) is 0.207. The molecule has 3 amide bonds. The number of nitrogens with one attached hydrogen (secondary N) is 1. The second-order valence-corrected chi connectivity index (χ2v) is 10.7. The number of thioether (sulfide) groups is 1. The largest absolute Gasteiger partial charge is 0.491 e. The summed E-state index contributed by atoms with van der Waals surface area (Å²) in [6.07, 6.45) is -9.06. The van der Waals surface area contributed by atoms with Gasteiger partial charge in [0.2, 0.25) is 5.91 Å². The van der Waals surface area contributed by atoms with Crippen molar-refractivity contribution in [3.63, 3.8) is 0 Å². The Kier molecular flexibility index (Phi) is 9.05. The quantitative estimate of drug-likeness (QED) is 0.206. The summed E-state index contributed by atoms with van der Waals surface area (Å²) in [4.78, 5) is 34.5. The van der Waals surface area contributed by atoms with E-state index in [9.17, 15) is 35.9 Å². The topological polar surface area (TPSA) is 102 Å². The highest BCUT2D eigenvalue weighted by molar-refractivity contribution is 8.15. The van der Waals surface area contributed by atoms with E-state index in [0.29, 0.717) is 5.56 Å². The van der Waals surface area contributed by atoms with Gasteiger partial charge in [0.1, 0.15) is 17.9 Å². The Labute approximate surface area is 260 Å². The number of amidine groups is 1. The van der Waals surface area contributed by atoms with Gasteiger partial charge in [-0.25, -0.2) is 18.9 Å². The SMILES string of the molecule is Cc1ccc(OCCC(F)(F)F)c(N2C(=O)CSC2=NC(=O)Nc2ccc(-c3ncn(-c4cccc(C(F)(F)F)c4)n3)cc2F)c1. The average molecular weight is 667 g/mol. The summed E-state index contributed by atoms with van der Waals surface area (Å²) in [6, 6.07) is 11.4. The third kappa shape index (κ3) is 7.64. The van der Waals surface area contributed by atoms with E-state index in [4.69, 9.17) is 4.74 Å². The lowest BCUT2D eigenvalue weighted by molar-refractivity contribution is -0.139. The molecule has 0 aliphatic carbocycles. The van der Waals surface area contributed by atoms with Crippen LogP contribution >= 0.6 is 11.8 Å². The van der Waals surface area contributed by atoms with Crippen molar-refractivity contribution in [1.82, 2.24) is 14.8 Å². The Hall–Kier alpha value is -4.93. The summed E-state index contributed by atoms with van der Waals surface area (Å²) in [7, 11) is 0. The molecule has 2 heterocycles. The van der Waals surface area contributed by atoms with Crippen LogP contribution in [0.1, 0.15) is 17.5 Å². The number of rotatable bonds is 7. The lowest BCUT2D eigenvalue weighted by Gasteiger charge is -2.20. The monoisotopic (exact) mass is 666 g/mol. The van der Waals surface area contributed by atoms with E-state index in [1.54, 1.807) is 13.0 Å². The standard InChI is InChI=1S/C29H21F7N6O3S/c1-16-5-8-23(45-10-9-28(31,32)33)22(11-16)42-24(43)14-46-27(42)39-26(44)38-21-7-6-17(12-20(21)30)25-37-15-41(40-25)19-4-2-3-18(13-19)29(34,35)36/h2-8,11-13,15H,9-10,14H2,1H3,(H,38,44). The van der Waals surface area contributed by atoms with E-state index in [1.165, 1.54) is 42.7 Å². The number of alkyl halides is 6. The van der Waals surface area contributed by atoms with Gasteiger partial charge >= 0.3 is 18.4 Å². The van der Waals surface area contributed by atoms with Gasteiger partial charge in [0.25, 0.3) is 0 Å². The van der Waals surface area contributed by atoms with E-state index in [0.717, 1.165) is 39.5 Å². The number of carbonyl (C=O) groups is 2. The van der Waals surface area contributed by atoms with Gasteiger partial charge in [0, 0.05) is 5.56 Å². The fourth-order valence-electron chi connectivity index (χ4n) is 4.21. The molecular weight excluding hydrogens is 645 g/mol. The van der Waals surface area contributed by atoms with Gasteiger partial charge < -0.3 is 10.1 Å². The fourth-order valence-corrected chi connectivity index (χ4v) is 5.07. The van der Waals surface area contributed by atoms with Crippen molar-refractivity contribution >= 4 is 40.2 Å². The predicted octanol–water partition coefficient (Wildman–Crippen LogP) is 7.40. The normalized spacial score (nSPS) is 14.7. The summed E-state index contributed by atoms with van der Waals surface area (Å²) in [5, 5.41) is 6.29. The van der Waals surface area contributed by atoms with Crippen molar-refractivity contribution in [2.24, 2.45) is 4.99 Å². The molecule has 1 aliphatic rings. The molecule has 0 radical (unpaired) electrons. The molecule has 1 aromatic heterocycles. The first-order chi connectivity index (χ1) is 21.7. The maximum absolute atomic E-state index is 15.0. The van der Waals surface area contributed by atoms with Crippen LogP contribution in [0.15, 0.2) is 72.0 Å². The minimum Gasteiger partial charge on any atom is -0.491 e. The van der Waals surface area contributed by atoms with Crippen LogP contribution in [0.4, 0.5) is 46.9 Å². The van der Waals surface area contributed by atoms with Crippen molar-refractivity contribution in [2.45, 2.75) is 25.7 Å². The lowest BCUT2D eigenvalue weighted by Crippen LogP contribution is -2.31. The number of nitrogens with zero attached hydrogens (tertiary/aromatic N) is 5. The molecule has 1 fully saturated rings. The van der Waals surface area contributed by atoms with E-state index < -0.39 is 48.7 Å². The van der Waals surface area contributed by atoms with Crippen LogP contribution in [-0.4, -0.2) is 50.4 Å². The molecule has 5 rings (SSSR count). The number of halogens is 7. The van der Waals surface area contributed by atoms with Crippen molar-refractivity contribution in [3.05, 3.63) is 83.9 Å². The number of carbonyl (C=O) groups excluding carboxylic acids is 2. The van der Waals surface area contributed by atoms with Crippen LogP contribution < -0.4 is 15.0 Å². The Balaban J connectivity index is 1.32. The molecule has 0 bridgehead atoms. The first-order valence-corrected chi connectivity index (χ1v) is 14.2. The number of hydrogen-bond acceptors (Lipinski definition) is 6. The highest BCUT2D eigenvalue weighted by Crippen LogP contribution is 2.36. The van der Waals surface area contributed by atoms with Crippen LogP contribution in [0.5, 0.6) is 5.75 Å². The summed E-state index contributed by atoms with van der Waals surface area (Å²) < 4.78 is 98.6. The molecule has 3 aromatic carbocycles. The third-order valence-electron chi connectivity index (χ3n) is 6.36. The summed E-state index contributed by atoms with van der Waals surface area (Å²) in [5.41, 5.74) is -0.177. The molecule has 0 atom stereocenters. The number of benzene rings is 3. The molecule has 9 nitrogen and oxygen atoms in total. The van der Waals surface area contributed by atoms with E-state index in [1.807, 2.05) is 0 Å². The molecule has 240 valence electrons. The maximum atomic E-state index is 15.0. The van der Waals surface area contributed by atoms with Crippen molar-refractivity contribution < 1.29 is 45.1 Å². The van der Waals surface area contributed by atoms with Gasteiger partial charge in [-0.05, 0) is 61.0 Å². The third-order valence-corrected chi connectivity index (χ3v) is 7.28. The molecule has 0 unspecified atom stereocenters. The molecule has 17 heteroatoms. The number of amides is 3. The maximum Gasteiger partial charge on any atom is 0.416 e. The Bertz CT molecular complexity index is 1820. The summed E-state index contributed by atoms with van der Waals surface area (Å²) in [5.74, 6) is -1.56. The minimum atomic E-state index is -4.56. The smallest absolute Gasteiger partial charge is 0.416 e. The second-order valence-electron chi connectivity index (χ2n) is 9.78. The van der Waals surface area contributed by atoms with Crippen LogP contribution in [0.25, 0.3) is 17.1 Å². The lowest BCUT2D eigenvalue weighted by atomic mass is 10.2. The van der Waals surface area contributed by atoms with Gasteiger partial charge in [0.05, 0.1) is 41.4 Å². The Morgan fingerprint density at radius 3 is 2.57 bits per heavy atom. The van der Waals surface area contributed by atoms with Gasteiger partial charge in [-0.3, -0.25) is 9.69 Å². The van der Waals surface area contributed by atoms with Gasteiger partial charge in [0.15, 0.2) is 11.0 Å². The molecule has 1 aliphatic heterocycles. The molecule has 46 heavy (non-hydrogen) atoms. The number of aromatic nitrogens is 3. The predicted molar refractivity (Wildman–Crippen MR) is 155 cm³/mol. The number of aliphatic imine (C=N–C) groups is 1. The van der Waals surface area contributed by atoms with Gasteiger partial charge in [-0.2, -0.15) is 31.3 Å². The van der Waals surface area contributed by atoms with Crippen LogP contribution in [-0.2, 0) is 11.0 Å². The van der Waals surface area contributed by atoms with E-state index >= 15 is 4.39 Å². The highest BCUT2D eigenvalue weighted by atomic mass is 32.2. The Morgan fingerprint density at radius 1 is 1.07 bits per heavy atom. The minimum absolute atomic E-state index is 0.00245. The van der Waals surface area contributed by atoms with Crippen LogP contribution in [0.3, 0.4) is 0 Å². The van der Waals surface area contributed by atoms with Crippen LogP contribution in [0, 0.1) is 12.7 Å². The molecule has 4 aromatic rings. The van der Waals surface area contributed by atoms with E-state index in [2.05, 4.69) is 20.4 Å². The molecule has 1 saturated heterocycles. The summed E-state index contributed by atoms with van der Waals surface area (Å²) in [6.45, 7) is 0.996. The Morgan fingerprint density at radius 2 is 1.85 bits per heavy atom. The van der Waals surface area contributed by atoms with Crippen LogP contribution in [0.2, 0.25) is 0 Å². The van der Waals surface area contributed by atoms with Crippen molar-refractivity contribution in [3.8, 4) is 22.8 Å². The number of ether oxygens (including phenoxy) is 1. The number of urea groups is 1. The van der Waals surface area contributed by atoms with Crippen molar-refractivity contribution in [2.75, 3.05) is 22.6 Å². The second kappa shape index (κ2) is 12.8. The van der Waals surface area contributed by atoms with Gasteiger partial charge in [-0.15, -0.1) is 5.10 Å². The zero-order valence-corrected chi connectivity index (χ0v) is 24.3. The van der Waals surface area contributed by atoms with Gasteiger partial charge in [-0.1, -0.05) is 23.9 Å². The average Bonchev–Trinajstić information content (AvgIpc) is 3.61. The first kappa shape index (κ1) is 32.5. The number of hydrogen-bond donors (Lipinski definition) is 1. The zero-order chi connectivity index (χ0) is 33.2. The van der Waals surface area contributed by atoms with Crippen molar-refractivity contribution in [1.29, 1.82) is 0 Å². The zero-order valence-electron chi connectivity index (χ0n) is 23.5. The summed E-state index contributed by atoms with van der Waals surface area (Å²) >= 11 is 0.896.